The van der Waals surface area contributed by atoms with Crippen LogP contribution in [0.2, 0.25) is 0 Å². The molecule has 0 saturated carbocycles. The molecule has 0 fully saturated rings. The highest BCUT2D eigenvalue weighted by molar-refractivity contribution is 9.10. The van der Waals surface area contributed by atoms with Crippen molar-refractivity contribution in [2.75, 3.05) is 20.3 Å². The van der Waals surface area contributed by atoms with E-state index in [4.69, 9.17) is 9.47 Å². The summed E-state index contributed by atoms with van der Waals surface area (Å²) in [5, 5.41) is 0. The number of hydrogen-bond donors (Lipinski definition) is 0. The molecule has 90 valence electrons. The second-order valence-corrected chi connectivity index (χ2v) is 4.38. The molecule has 0 N–H and O–H groups in total. The fourth-order valence-corrected chi connectivity index (χ4v) is 1.95. The molecule has 0 bridgehead atoms. The van der Waals surface area contributed by atoms with Gasteiger partial charge in [0.05, 0.1) is 6.10 Å². The third kappa shape index (κ3) is 4.20. The van der Waals surface area contributed by atoms with Gasteiger partial charge in [0.2, 0.25) is 0 Å². The van der Waals surface area contributed by atoms with Crippen LogP contribution in [0.4, 0.5) is 4.39 Å². The van der Waals surface area contributed by atoms with Gasteiger partial charge in [0, 0.05) is 24.8 Å². The topological polar surface area (TPSA) is 18.5 Å². The van der Waals surface area contributed by atoms with Crippen molar-refractivity contribution >= 4 is 15.9 Å². The van der Waals surface area contributed by atoms with Gasteiger partial charge < -0.3 is 9.47 Å². The van der Waals surface area contributed by atoms with Gasteiger partial charge in [-0.25, -0.2) is 4.39 Å². The van der Waals surface area contributed by atoms with Crippen LogP contribution in [0, 0.1) is 5.82 Å². The van der Waals surface area contributed by atoms with E-state index >= 15 is 0 Å². The summed E-state index contributed by atoms with van der Waals surface area (Å²) in [7, 11) is 1.66. The first-order chi connectivity index (χ1) is 7.65. The summed E-state index contributed by atoms with van der Waals surface area (Å²) in [5.41, 5.74) is 0.831. The van der Waals surface area contributed by atoms with Crippen LogP contribution in [0.25, 0.3) is 0 Å². The fraction of sp³-hybridized carbons (Fsp3) is 0.500. The molecule has 4 heteroatoms. The summed E-state index contributed by atoms with van der Waals surface area (Å²) >= 11 is 3.38. The zero-order valence-corrected chi connectivity index (χ0v) is 11.1. The Hall–Kier alpha value is -0.450. The van der Waals surface area contributed by atoms with E-state index in [9.17, 15) is 4.39 Å². The molecule has 1 atom stereocenters. The number of benzene rings is 1. The van der Waals surface area contributed by atoms with Crippen LogP contribution in [0.5, 0.6) is 0 Å². The Bertz CT molecular complexity index is 331. The second kappa shape index (κ2) is 6.99. The average molecular weight is 291 g/mol. The monoisotopic (exact) mass is 290 g/mol. The summed E-state index contributed by atoms with van der Waals surface area (Å²) in [6, 6.07) is 4.61. The van der Waals surface area contributed by atoms with E-state index in [0.29, 0.717) is 13.2 Å². The van der Waals surface area contributed by atoms with E-state index in [1.54, 1.807) is 13.2 Å². The van der Waals surface area contributed by atoms with Crippen LogP contribution in [-0.2, 0) is 9.47 Å². The van der Waals surface area contributed by atoms with Crippen molar-refractivity contribution in [3.05, 3.63) is 34.1 Å². The zero-order valence-electron chi connectivity index (χ0n) is 9.50. The zero-order chi connectivity index (χ0) is 12.0. The van der Waals surface area contributed by atoms with Crippen LogP contribution >= 0.6 is 15.9 Å². The SMILES string of the molecule is COCCCO[C@H](C)c1cc(F)ccc1Br. The minimum Gasteiger partial charge on any atom is -0.385 e. The van der Waals surface area contributed by atoms with E-state index in [1.165, 1.54) is 12.1 Å². The number of rotatable bonds is 6. The van der Waals surface area contributed by atoms with Crippen molar-refractivity contribution in [3.8, 4) is 0 Å². The van der Waals surface area contributed by atoms with Crippen molar-refractivity contribution in [2.45, 2.75) is 19.4 Å². The van der Waals surface area contributed by atoms with Gasteiger partial charge in [-0.1, -0.05) is 15.9 Å². The standard InChI is InChI=1S/C12H16BrFO2/c1-9(16-7-3-6-15-2)11-8-10(14)4-5-12(11)13/h4-5,8-9H,3,6-7H2,1-2H3/t9-/m1/s1. The molecule has 16 heavy (non-hydrogen) atoms. The van der Waals surface area contributed by atoms with Gasteiger partial charge in [-0.15, -0.1) is 0 Å². The number of hydrogen-bond acceptors (Lipinski definition) is 2. The molecule has 0 unspecified atom stereocenters. The number of halogens is 2. The lowest BCUT2D eigenvalue weighted by molar-refractivity contribution is 0.0493. The van der Waals surface area contributed by atoms with Gasteiger partial charge in [-0.3, -0.25) is 0 Å². The Morgan fingerprint density at radius 3 is 2.81 bits per heavy atom. The van der Waals surface area contributed by atoms with Gasteiger partial charge in [0.1, 0.15) is 5.82 Å². The van der Waals surface area contributed by atoms with Crippen LogP contribution in [0.15, 0.2) is 22.7 Å². The van der Waals surface area contributed by atoms with Crippen molar-refractivity contribution in [2.24, 2.45) is 0 Å². The lowest BCUT2D eigenvalue weighted by Crippen LogP contribution is -2.05. The van der Waals surface area contributed by atoms with E-state index in [-0.39, 0.29) is 11.9 Å². The lowest BCUT2D eigenvalue weighted by atomic mass is 10.1. The first-order valence-electron chi connectivity index (χ1n) is 5.20. The highest BCUT2D eigenvalue weighted by Crippen LogP contribution is 2.26. The molecular formula is C12H16BrFO2. The summed E-state index contributed by atoms with van der Waals surface area (Å²) in [5.74, 6) is -0.245. The van der Waals surface area contributed by atoms with Gasteiger partial charge in [-0.2, -0.15) is 0 Å². The van der Waals surface area contributed by atoms with Crippen molar-refractivity contribution in [3.63, 3.8) is 0 Å². The van der Waals surface area contributed by atoms with Crippen LogP contribution in [0.3, 0.4) is 0 Å². The molecule has 0 aliphatic carbocycles. The largest absolute Gasteiger partial charge is 0.385 e. The van der Waals surface area contributed by atoms with Crippen molar-refractivity contribution in [1.82, 2.24) is 0 Å². The molecule has 1 aromatic rings. The Kier molecular flexibility index (Phi) is 5.95. The van der Waals surface area contributed by atoms with Crippen molar-refractivity contribution in [1.29, 1.82) is 0 Å². The van der Waals surface area contributed by atoms with Gasteiger partial charge in [0.25, 0.3) is 0 Å². The molecular weight excluding hydrogens is 275 g/mol. The predicted octanol–water partition coefficient (Wildman–Crippen LogP) is 3.70. The third-order valence-electron chi connectivity index (χ3n) is 2.26. The molecule has 0 aliphatic rings. The Morgan fingerprint density at radius 1 is 1.38 bits per heavy atom. The fourth-order valence-electron chi connectivity index (χ4n) is 1.38. The van der Waals surface area contributed by atoms with E-state index in [1.807, 2.05) is 6.92 Å². The summed E-state index contributed by atoms with van der Waals surface area (Å²) in [4.78, 5) is 0. The van der Waals surface area contributed by atoms with Crippen LogP contribution in [0.1, 0.15) is 25.0 Å². The maximum Gasteiger partial charge on any atom is 0.123 e. The smallest absolute Gasteiger partial charge is 0.123 e. The first kappa shape index (κ1) is 13.6. The molecule has 0 spiro atoms. The quantitative estimate of drug-likeness (QED) is 0.744. The maximum atomic E-state index is 13.1. The van der Waals surface area contributed by atoms with Gasteiger partial charge >= 0.3 is 0 Å². The number of methoxy groups -OCH3 is 1. The normalized spacial score (nSPS) is 12.8. The second-order valence-electron chi connectivity index (χ2n) is 3.53. The minimum absolute atomic E-state index is 0.123. The predicted molar refractivity (Wildman–Crippen MR) is 65.0 cm³/mol. The molecule has 0 heterocycles. The van der Waals surface area contributed by atoms with Gasteiger partial charge in [-0.05, 0) is 37.1 Å². The molecule has 1 rings (SSSR count). The summed E-state index contributed by atoms with van der Waals surface area (Å²) in [6.45, 7) is 3.20. The third-order valence-corrected chi connectivity index (χ3v) is 2.98. The lowest BCUT2D eigenvalue weighted by Gasteiger charge is -2.15. The van der Waals surface area contributed by atoms with Crippen LogP contribution in [-0.4, -0.2) is 20.3 Å². The molecule has 1 aromatic carbocycles. The maximum absolute atomic E-state index is 13.1. The summed E-state index contributed by atoms with van der Waals surface area (Å²) < 4.78 is 24.4. The van der Waals surface area contributed by atoms with Crippen LogP contribution < -0.4 is 0 Å². The Balaban J connectivity index is 2.51. The molecule has 2 nitrogen and oxygen atoms in total. The van der Waals surface area contributed by atoms with Crippen molar-refractivity contribution < 1.29 is 13.9 Å². The molecule has 0 saturated heterocycles. The average Bonchev–Trinajstić information content (AvgIpc) is 2.27. The molecule has 0 amide bonds. The van der Waals surface area contributed by atoms with Gasteiger partial charge in [0.15, 0.2) is 0 Å². The molecule has 0 aromatic heterocycles. The molecule has 0 radical (unpaired) electrons. The number of ether oxygens (including phenoxy) is 2. The Labute approximate surface area is 104 Å². The van der Waals surface area contributed by atoms with E-state index < -0.39 is 0 Å². The van der Waals surface area contributed by atoms with E-state index in [2.05, 4.69) is 15.9 Å². The minimum atomic E-state index is -0.245. The van der Waals surface area contributed by atoms with E-state index in [0.717, 1.165) is 16.5 Å². The first-order valence-corrected chi connectivity index (χ1v) is 6.00. The highest BCUT2D eigenvalue weighted by Gasteiger charge is 2.10. The Morgan fingerprint density at radius 2 is 2.12 bits per heavy atom. The summed E-state index contributed by atoms with van der Waals surface area (Å²) in [6.07, 6.45) is 0.718. The highest BCUT2D eigenvalue weighted by atomic mass is 79.9. The molecule has 0 aliphatic heterocycles.